The quantitative estimate of drug-likeness (QED) is 0.760. The summed E-state index contributed by atoms with van der Waals surface area (Å²) in [6.07, 6.45) is 2.16. The number of carbonyl (C=O) groups is 1. The zero-order valence-corrected chi connectivity index (χ0v) is 16.2. The molecule has 0 saturated carbocycles. The largest absolute Gasteiger partial charge is 0.350 e. The van der Waals surface area contributed by atoms with Gasteiger partial charge in [0.05, 0.1) is 6.04 Å². The second-order valence-corrected chi connectivity index (χ2v) is 7.20. The molecule has 0 radical (unpaired) electrons. The van der Waals surface area contributed by atoms with Crippen LogP contribution in [0.2, 0.25) is 0 Å². The van der Waals surface area contributed by atoms with Crippen LogP contribution >= 0.6 is 0 Å². The number of hydrogen-bond acceptors (Lipinski definition) is 2. The Morgan fingerprint density at radius 1 is 1.12 bits per heavy atom. The van der Waals surface area contributed by atoms with Crippen molar-refractivity contribution in [3.05, 3.63) is 70.9 Å². The predicted octanol–water partition coefficient (Wildman–Crippen LogP) is 3.83. The number of carbonyl (C=O) groups excluding carboxylic acids is 1. The Labute approximate surface area is 155 Å². The SMILES string of the molecule is Cc1ccc(C(=O)NCC(c2cn(C)c3ccccc23)N(C)C)cc1C. The molecular weight excluding hydrogens is 322 g/mol. The van der Waals surface area contributed by atoms with E-state index in [0.717, 1.165) is 5.56 Å². The second-order valence-electron chi connectivity index (χ2n) is 7.20. The molecule has 0 spiro atoms. The zero-order chi connectivity index (χ0) is 18.8. The summed E-state index contributed by atoms with van der Waals surface area (Å²) in [4.78, 5) is 14.8. The van der Waals surface area contributed by atoms with Gasteiger partial charge in [-0.2, -0.15) is 0 Å². The summed E-state index contributed by atoms with van der Waals surface area (Å²) in [5.41, 5.74) is 5.48. The molecule has 4 nitrogen and oxygen atoms in total. The Hall–Kier alpha value is -2.59. The fraction of sp³-hybridized carbons (Fsp3) is 0.318. The van der Waals surface area contributed by atoms with Gasteiger partial charge in [0.1, 0.15) is 0 Å². The van der Waals surface area contributed by atoms with Gasteiger partial charge in [-0.25, -0.2) is 0 Å². The number of fused-ring (bicyclic) bond motifs is 1. The maximum Gasteiger partial charge on any atom is 0.251 e. The standard InChI is InChI=1S/C22H27N3O/c1-15-10-11-17(12-16(15)2)22(26)23-13-21(24(3)4)19-14-25(5)20-9-7-6-8-18(19)20/h6-12,14,21H,13H2,1-5H3,(H,23,26). The Morgan fingerprint density at radius 2 is 1.85 bits per heavy atom. The van der Waals surface area contributed by atoms with Gasteiger partial charge in [0.15, 0.2) is 0 Å². The Bertz CT molecular complexity index is 940. The number of benzene rings is 2. The molecule has 0 aliphatic carbocycles. The lowest BCUT2D eigenvalue weighted by Gasteiger charge is -2.24. The summed E-state index contributed by atoms with van der Waals surface area (Å²) >= 11 is 0. The van der Waals surface area contributed by atoms with Crippen LogP contribution in [-0.4, -0.2) is 36.0 Å². The van der Waals surface area contributed by atoms with Gasteiger partial charge >= 0.3 is 0 Å². The lowest BCUT2D eigenvalue weighted by molar-refractivity contribution is 0.0942. The summed E-state index contributed by atoms with van der Waals surface area (Å²) in [6, 6.07) is 14.3. The van der Waals surface area contributed by atoms with Crippen LogP contribution in [0.4, 0.5) is 0 Å². The van der Waals surface area contributed by atoms with Gasteiger partial charge in [0.2, 0.25) is 0 Å². The van der Waals surface area contributed by atoms with E-state index in [1.807, 2.05) is 25.1 Å². The molecule has 26 heavy (non-hydrogen) atoms. The molecule has 0 aliphatic rings. The van der Waals surface area contributed by atoms with E-state index in [1.54, 1.807) is 0 Å². The normalized spacial score (nSPS) is 12.5. The minimum atomic E-state index is -0.0276. The summed E-state index contributed by atoms with van der Waals surface area (Å²) in [7, 11) is 6.16. The molecule has 1 aromatic heterocycles. The van der Waals surface area contributed by atoms with E-state index in [4.69, 9.17) is 0 Å². The first-order chi connectivity index (χ1) is 12.4. The molecule has 136 valence electrons. The highest BCUT2D eigenvalue weighted by Gasteiger charge is 2.20. The average Bonchev–Trinajstić information content (AvgIpc) is 2.94. The number of aromatic nitrogens is 1. The van der Waals surface area contributed by atoms with Crippen LogP contribution in [0, 0.1) is 13.8 Å². The molecule has 0 saturated heterocycles. The van der Waals surface area contributed by atoms with Crippen LogP contribution in [-0.2, 0) is 7.05 Å². The van der Waals surface area contributed by atoms with Crippen LogP contribution in [0.15, 0.2) is 48.7 Å². The first kappa shape index (κ1) is 18.2. The third-order valence-corrected chi connectivity index (χ3v) is 5.14. The number of nitrogens with zero attached hydrogens (tertiary/aromatic N) is 2. The van der Waals surface area contributed by atoms with Gasteiger partial charge < -0.3 is 14.8 Å². The number of hydrogen-bond donors (Lipinski definition) is 1. The molecule has 1 atom stereocenters. The topological polar surface area (TPSA) is 37.3 Å². The maximum atomic E-state index is 12.6. The number of para-hydroxylation sites is 1. The summed E-state index contributed by atoms with van der Waals surface area (Å²) in [5, 5.41) is 4.34. The molecule has 0 aliphatic heterocycles. The van der Waals surface area contributed by atoms with E-state index in [2.05, 4.69) is 73.3 Å². The summed E-state index contributed by atoms with van der Waals surface area (Å²) in [6.45, 7) is 4.65. The minimum Gasteiger partial charge on any atom is -0.350 e. The molecule has 1 amide bonds. The van der Waals surface area contributed by atoms with Gasteiger partial charge in [-0.05, 0) is 62.8 Å². The van der Waals surface area contributed by atoms with E-state index in [-0.39, 0.29) is 11.9 Å². The zero-order valence-electron chi connectivity index (χ0n) is 16.2. The monoisotopic (exact) mass is 349 g/mol. The van der Waals surface area contributed by atoms with Crippen LogP contribution in [0.3, 0.4) is 0 Å². The van der Waals surface area contributed by atoms with Crippen molar-refractivity contribution in [2.24, 2.45) is 7.05 Å². The highest BCUT2D eigenvalue weighted by Crippen LogP contribution is 2.28. The lowest BCUT2D eigenvalue weighted by Crippen LogP contribution is -2.34. The smallest absolute Gasteiger partial charge is 0.251 e. The van der Waals surface area contributed by atoms with Gasteiger partial charge in [-0.1, -0.05) is 24.3 Å². The molecule has 3 rings (SSSR count). The number of likely N-dealkylation sites (N-methyl/N-ethyl adjacent to an activating group) is 1. The van der Waals surface area contributed by atoms with E-state index in [1.165, 1.54) is 22.0 Å². The lowest BCUT2D eigenvalue weighted by atomic mass is 10.0. The maximum absolute atomic E-state index is 12.6. The summed E-state index contributed by atoms with van der Waals surface area (Å²) in [5.74, 6) is -0.0276. The van der Waals surface area contributed by atoms with Gasteiger partial charge in [0.25, 0.3) is 5.91 Å². The van der Waals surface area contributed by atoms with E-state index >= 15 is 0 Å². The van der Waals surface area contributed by atoms with E-state index < -0.39 is 0 Å². The number of rotatable bonds is 5. The second kappa shape index (κ2) is 7.34. The minimum absolute atomic E-state index is 0.0276. The molecule has 1 heterocycles. The average molecular weight is 349 g/mol. The number of aryl methyl sites for hydroxylation is 3. The number of nitrogens with one attached hydrogen (secondary N) is 1. The van der Waals surface area contributed by atoms with Crippen molar-refractivity contribution < 1.29 is 4.79 Å². The first-order valence-electron chi connectivity index (χ1n) is 8.94. The molecule has 1 N–H and O–H groups in total. The van der Waals surface area contributed by atoms with Crippen LogP contribution in [0.5, 0.6) is 0 Å². The molecule has 3 aromatic rings. The highest BCUT2D eigenvalue weighted by atomic mass is 16.1. The molecule has 2 aromatic carbocycles. The first-order valence-corrected chi connectivity index (χ1v) is 8.94. The fourth-order valence-corrected chi connectivity index (χ4v) is 3.38. The van der Waals surface area contributed by atoms with E-state index in [9.17, 15) is 4.79 Å². The Balaban J connectivity index is 1.83. The third kappa shape index (κ3) is 3.51. The van der Waals surface area contributed by atoms with Crippen LogP contribution in [0.1, 0.15) is 33.1 Å². The van der Waals surface area contributed by atoms with Crippen molar-refractivity contribution in [2.45, 2.75) is 19.9 Å². The Kier molecular flexibility index (Phi) is 5.14. The van der Waals surface area contributed by atoms with Crippen molar-refractivity contribution in [2.75, 3.05) is 20.6 Å². The van der Waals surface area contributed by atoms with Crippen molar-refractivity contribution >= 4 is 16.8 Å². The molecule has 0 fully saturated rings. The molecular formula is C22H27N3O. The number of amides is 1. The van der Waals surface area contributed by atoms with Gasteiger partial charge in [0, 0.05) is 36.3 Å². The molecule has 0 bridgehead atoms. The van der Waals surface area contributed by atoms with Crippen molar-refractivity contribution in [1.82, 2.24) is 14.8 Å². The predicted molar refractivity (Wildman–Crippen MR) is 108 cm³/mol. The Morgan fingerprint density at radius 3 is 2.54 bits per heavy atom. The van der Waals surface area contributed by atoms with Crippen LogP contribution < -0.4 is 5.32 Å². The molecule has 4 heteroatoms. The molecule has 1 unspecified atom stereocenters. The highest BCUT2D eigenvalue weighted by molar-refractivity contribution is 5.94. The van der Waals surface area contributed by atoms with Crippen molar-refractivity contribution in [1.29, 1.82) is 0 Å². The van der Waals surface area contributed by atoms with Crippen LogP contribution in [0.25, 0.3) is 10.9 Å². The third-order valence-electron chi connectivity index (χ3n) is 5.14. The summed E-state index contributed by atoms with van der Waals surface area (Å²) < 4.78 is 2.15. The van der Waals surface area contributed by atoms with Crippen molar-refractivity contribution in [3.8, 4) is 0 Å². The fourth-order valence-electron chi connectivity index (χ4n) is 3.38. The van der Waals surface area contributed by atoms with Gasteiger partial charge in [-0.3, -0.25) is 4.79 Å². The van der Waals surface area contributed by atoms with E-state index in [0.29, 0.717) is 12.1 Å². The van der Waals surface area contributed by atoms with Crippen molar-refractivity contribution in [3.63, 3.8) is 0 Å². The van der Waals surface area contributed by atoms with Gasteiger partial charge in [-0.15, -0.1) is 0 Å².